The van der Waals surface area contributed by atoms with Gasteiger partial charge in [0, 0.05) is 95.1 Å². The Morgan fingerprint density at radius 1 is 0.378 bits per heavy atom. The van der Waals surface area contributed by atoms with Gasteiger partial charge in [-0.15, -0.1) is 0 Å². The van der Waals surface area contributed by atoms with Crippen molar-refractivity contribution in [3.8, 4) is 84.8 Å². The number of benzene rings is 8. The Kier molecular flexibility index (Phi) is 39.5. The van der Waals surface area contributed by atoms with Crippen molar-refractivity contribution in [2.24, 2.45) is 0 Å². The highest BCUT2D eigenvalue weighted by Crippen LogP contribution is 2.39. The van der Waals surface area contributed by atoms with Crippen molar-refractivity contribution in [2.45, 2.75) is 124 Å². The molecule has 0 radical (unpaired) electrons. The summed E-state index contributed by atoms with van der Waals surface area (Å²) in [5.74, 6) is -4.63. The predicted octanol–water partition coefficient (Wildman–Crippen LogP) is 17.5. The maximum Gasteiger partial charge on any atom is 0.494 e. The highest BCUT2D eigenvalue weighted by Gasteiger charge is 2.53. The molecule has 2 aliphatic heterocycles. The number of rotatable bonds is 23. The summed E-state index contributed by atoms with van der Waals surface area (Å²) in [6, 6.07) is 64.0. The van der Waals surface area contributed by atoms with Gasteiger partial charge < -0.3 is 53.6 Å². The van der Waals surface area contributed by atoms with Crippen LogP contribution in [0.15, 0.2) is 297 Å². The summed E-state index contributed by atoms with van der Waals surface area (Å²) in [6.07, 6.45) is 6.25. The van der Waals surface area contributed by atoms with Gasteiger partial charge in [0.05, 0.1) is 108 Å². The number of aromatic amines is 1. The highest BCUT2D eigenvalue weighted by atomic mass is 79.9. The monoisotopic (exact) mass is 2030 g/mol. The van der Waals surface area contributed by atoms with E-state index in [0.717, 1.165) is 129 Å². The van der Waals surface area contributed by atoms with Crippen molar-refractivity contribution < 1.29 is 78.9 Å². The molecule has 2 fully saturated rings. The number of halogens is 9. The van der Waals surface area contributed by atoms with E-state index in [2.05, 4.69) is 66.2 Å². The third-order valence-corrected chi connectivity index (χ3v) is 22.9. The van der Waals surface area contributed by atoms with Crippen LogP contribution in [0.5, 0.6) is 17.2 Å². The molecule has 2 saturated heterocycles. The summed E-state index contributed by atoms with van der Waals surface area (Å²) in [5.41, 5.74) is 7.65. The number of pyridine rings is 3. The van der Waals surface area contributed by atoms with Crippen LogP contribution in [0.1, 0.15) is 97.9 Å². The van der Waals surface area contributed by atoms with E-state index in [1.165, 1.54) is 99.2 Å². The SMILES string of the molecule is C.CC1(C)OB(c2cccc(CO)c2)OC1(C)C.CC1(C)OB(c2cccc(Cn3nc(-c4cc(F)cc(F)c4)ccc3=O)c2)OC1(C)C.CN(C)CCCO.CN(C)CCCOc1ccc(-c2cccc(Cn3nc(-c4cc(F)cc(F)c4)ccc3=O)c2)nc1.O=c1ccc(-c2cc(F)cc(F)c2)n[nH]1.O=c1ccc(-c2cc(F)cc(F)c2)nn1Cc1cccc(-c2ccc(O)cn2)c1.Oc1ccc(Br)nc1. The largest absolute Gasteiger partial charge is 0.506 e. The Bertz CT molecular complexity index is 6880. The Labute approximate surface area is 831 Å². The van der Waals surface area contributed by atoms with E-state index in [4.69, 9.17) is 38.7 Å². The summed E-state index contributed by atoms with van der Waals surface area (Å²) >= 11 is 3.12. The van der Waals surface area contributed by atoms with Gasteiger partial charge in [0.15, 0.2) is 0 Å². The number of aromatic hydroxyl groups is 2. The summed E-state index contributed by atoms with van der Waals surface area (Å²) in [6.45, 7) is 19.5. The van der Waals surface area contributed by atoms with Crippen molar-refractivity contribution in [1.29, 1.82) is 0 Å². The van der Waals surface area contributed by atoms with Crippen LogP contribution < -0.4 is 37.9 Å². The Hall–Kier alpha value is -14.1. The molecule has 0 spiro atoms. The second-order valence-corrected chi connectivity index (χ2v) is 36.1. The fourth-order valence-corrected chi connectivity index (χ4v) is 14.0. The van der Waals surface area contributed by atoms with E-state index in [0.29, 0.717) is 47.4 Å². The van der Waals surface area contributed by atoms with Crippen LogP contribution in [0, 0.1) is 46.5 Å². The minimum Gasteiger partial charge on any atom is -0.506 e. The van der Waals surface area contributed by atoms with Gasteiger partial charge in [-0.2, -0.15) is 20.4 Å². The molecule has 26 nitrogen and oxygen atoms in total. The molecular formula is C106H110B2BrF8N13O13. The molecule has 746 valence electrons. The third kappa shape index (κ3) is 33.0. The molecule has 0 saturated carbocycles. The zero-order chi connectivity index (χ0) is 103. The molecular weight excluding hydrogens is 1920 g/mol. The van der Waals surface area contributed by atoms with Gasteiger partial charge in [0.25, 0.3) is 22.2 Å². The molecule has 0 amide bonds. The second kappa shape index (κ2) is 51.0. The second-order valence-electron chi connectivity index (χ2n) is 35.3. The lowest BCUT2D eigenvalue weighted by Gasteiger charge is -2.32. The first-order valence-corrected chi connectivity index (χ1v) is 45.5. The van der Waals surface area contributed by atoms with E-state index in [-0.39, 0.29) is 108 Å². The van der Waals surface area contributed by atoms with Crippen LogP contribution in [0.4, 0.5) is 35.1 Å². The molecule has 37 heteroatoms. The van der Waals surface area contributed by atoms with E-state index in [1.807, 2.05) is 193 Å². The van der Waals surface area contributed by atoms with E-state index < -0.39 is 64.9 Å². The van der Waals surface area contributed by atoms with Crippen molar-refractivity contribution >= 4 is 41.1 Å². The average Bonchev–Trinajstić information content (AvgIpc) is 1.63. The van der Waals surface area contributed by atoms with Gasteiger partial charge in [-0.05, 0) is 273 Å². The lowest BCUT2D eigenvalue weighted by molar-refractivity contribution is 0.00578. The Morgan fingerprint density at radius 3 is 1.04 bits per heavy atom. The van der Waals surface area contributed by atoms with Crippen molar-refractivity contribution in [1.82, 2.24) is 64.3 Å². The minimum atomic E-state index is -0.714. The molecule has 2 aliphatic rings. The van der Waals surface area contributed by atoms with E-state index in [9.17, 15) is 59.4 Å². The number of hydrogen-bond acceptors (Lipinski definition) is 22. The number of H-pyrrole nitrogens is 1. The van der Waals surface area contributed by atoms with Gasteiger partial charge in [0.1, 0.15) is 68.4 Å². The molecule has 9 heterocycles. The first kappa shape index (κ1) is 111. The fraction of sp³-hybridized carbons (Fsp3) is 0.255. The number of aliphatic hydroxyl groups excluding tert-OH is 2. The van der Waals surface area contributed by atoms with Crippen LogP contribution in [-0.4, -0.2) is 176 Å². The number of aliphatic hydroxyl groups is 2. The summed E-state index contributed by atoms with van der Waals surface area (Å²) in [5, 5.41) is 54.2. The van der Waals surface area contributed by atoms with Crippen LogP contribution in [0.25, 0.3) is 67.5 Å². The number of ether oxygens (including phenoxy) is 1. The average molecular weight is 2030 g/mol. The summed E-state index contributed by atoms with van der Waals surface area (Å²) in [4.78, 5) is 64.3. The lowest BCUT2D eigenvalue weighted by Crippen LogP contribution is -2.41. The predicted molar refractivity (Wildman–Crippen MR) is 540 cm³/mol. The highest BCUT2D eigenvalue weighted by molar-refractivity contribution is 9.10. The molecule has 0 unspecified atom stereocenters. The third-order valence-electron chi connectivity index (χ3n) is 22.5. The summed E-state index contributed by atoms with van der Waals surface area (Å²) < 4.78 is 141. The lowest BCUT2D eigenvalue weighted by atomic mass is 9.78. The quantitative estimate of drug-likeness (QED) is 0.0172. The zero-order valence-electron chi connectivity index (χ0n) is 79.9. The Balaban J connectivity index is 0.000000181. The number of hydrogen-bond donors (Lipinski definition) is 5. The van der Waals surface area contributed by atoms with E-state index >= 15 is 0 Å². The van der Waals surface area contributed by atoms with E-state index in [1.54, 1.807) is 30.5 Å². The van der Waals surface area contributed by atoms with Crippen LogP contribution >= 0.6 is 15.9 Å². The number of nitrogens with zero attached hydrogens (tertiary/aromatic N) is 12. The van der Waals surface area contributed by atoms with Crippen molar-refractivity contribution in [3.05, 3.63) is 388 Å². The van der Waals surface area contributed by atoms with Crippen LogP contribution in [0.2, 0.25) is 0 Å². The molecule has 0 atom stereocenters. The molecule has 143 heavy (non-hydrogen) atoms. The molecule has 8 aromatic carbocycles. The Morgan fingerprint density at radius 2 is 0.713 bits per heavy atom. The van der Waals surface area contributed by atoms with Gasteiger partial charge in [-0.3, -0.25) is 29.1 Å². The smallest absolute Gasteiger partial charge is 0.494 e. The molecule has 0 aliphatic carbocycles. The summed E-state index contributed by atoms with van der Waals surface area (Å²) in [7, 11) is 7.17. The standard InChI is InChI=1S/C27H26F2N4O2.C23H23BF2N2O3.C22H15F2N3O2.C13H19BO3.C10H6F2N2O.C5H4BrNO.C5H13NO.CH4/c1-32(2)11-4-12-35-24-7-8-25(30-17-24)20-6-3-5-19(13-20)18-33-27(34)10-9-26(31-33)21-14-22(28)16-23(29)15-21;1-22(2)23(3,4)31-24(30-22)17-7-5-6-15(10-17)14-28-21(29)9-8-20(27-28)16-11-18(25)13-19(26)12-16;23-17-9-16(10-18(24)11-17)21-6-7-22(29)27(26-21)13-14-2-1-3-15(8-14)20-5-4-19(28)12-25-20;1-12(2)13(3,4)17-14(16-12)11-7-5-6-10(8-11)9-15;11-7-3-6(4-8(12)5-7)9-1-2-10(15)14-13-9;6-5-2-1-4(8)3-7-5;1-6(2)4-3-5-7;/h3,5-10,13-17H,4,11-12,18H2,1-2H3;5-13H,14H2,1-4H3;1-12,28H,13H2;5-8,15H,9H2,1-4H3;1-5H,(H,14,15);1-3,8H;7H,3-5H2,1-2H3;1H4. The number of nitrogens with one attached hydrogen (secondary N) is 1. The first-order valence-electron chi connectivity index (χ1n) is 44.7. The van der Waals surface area contributed by atoms with Crippen LogP contribution in [0.3, 0.4) is 0 Å². The first-order chi connectivity index (χ1) is 67.4. The van der Waals surface area contributed by atoms with Crippen LogP contribution in [-0.2, 0) is 44.9 Å². The fourth-order valence-electron chi connectivity index (χ4n) is 13.8. The number of aromatic nitrogens is 11. The normalized spacial score (nSPS) is 13.3. The molecule has 15 aromatic rings. The van der Waals surface area contributed by atoms with Crippen molar-refractivity contribution in [3.63, 3.8) is 0 Å². The molecule has 17 rings (SSSR count). The topological polar surface area (TPSA) is 323 Å². The maximum atomic E-state index is 13.6. The maximum absolute atomic E-state index is 13.6. The molecule has 0 bridgehead atoms. The van der Waals surface area contributed by atoms with Gasteiger partial charge in [0.2, 0.25) is 0 Å². The minimum absolute atomic E-state index is 0. The van der Waals surface area contributed by atoms with Gasteiger partial charge >= 0.3 is 14.2 Å². The molecule has 5 N–H and O–H groups in total. The van der Waals surface area contributed by atoms with Crippen molar-refractivity contribution in [2.75, 3.05) is 54.5 Å². The zero-order valence-corrected chi connectivity index (χ0v) is 81.5. The molecule has 7 aromatic heterocycles. The van der Waals surface area contributed by atoms with Gasteiger partial charge in [-0.25, -0.2) is 59.3 Å². The van der Waals surface area contributed by atoms with Gasteiger partial charge in [-0.1, -0.05) is 92.4 Å².